The highest BCUT2D eigenvalue weighted by molar-refractivity contribution is 7.92. The Morgan fingerprint density at radius 1 is 1.30 bits per heavy atom. The van der Waals surface area contributed by atoms with E-state index < -0.39 is 0 Å². The molecule has 0 aliphatic rings. The fourth-order valence-corrected chi connectivity index (χ4v) is 1.12. The summed E-state index contributed by atoms with van der Waals surface area (Å²) in [5, 5.41) is 0.728. The van der Waals surface area contributed by atoms with Crippen LogP contribution in [-0.4, -0.2) is 4.55 Å². The summed E-state index contributed by atoms with van der Waals surface area (Å²) >= 11 is 6.46. The Hall–Kier alpha value is -0.180. The van der Waals surface area contributed by atoms with Gasteiger partial charge in [0.2, 0.25) is 0 Å². The molecule has 10 heavy (non-hydrogen) atoms. The fourth-order valence-electron chi connectivity index (χ4n) is 0.655. The molecule has 0 unspecified atom stereocenters. The Balaban J connectivity index is 2.69. The van der Waals surface area contributed by atoms with Crippen LogP contribution >= 0.6 is 23.6 Å². The summed E-state index contributed by atoms with van der Waals surface area (Å²) in [6, 6.07) is 7.41. The maximum atomic E-state index is 8.47. The van der Waals surface area contributed by atoms with Crippen molar-refractivity contribution < 1.29 is 4.55 Å². The first-order chi connectivity index (χ1) is 4.83. The Bertz CT molecular complexity index is 197. The Morgan fingerprint density at radius 3 is 2.40 bits per heavy atom. The van der Waals surface area contributed by atoms with Crippen molar-refractivity contribution in [3.63, 3.8) is 0 Å². The van der Waals surface area contributed by atoms with Gasteiger partial charge in [-0.2, -0.15) is 0 Å². The molecule has 1 rings (SSSR count). The molecule has 0 fully saturated rings. The molecule has 0 aliphatic heterocycles. The minimum Gasteiger partial charge on any atom is -0.330 e. The third-order valence-corrected chi connectivity index (χ3v) is 1.86. The molecule has 1 aromatic carbocycles. The molecule has 0 radical (unpaired) electrons. The predicted molar refractivity (Wildman–Crippen MR) is 45.4 cm³/mol. The van der Waals surface area contributed by atoms with Crippen LogP contribution in [0.3, 0.4) is 0 Å². The van der Waals surface area contributed by atoms with E-state index in [0.717, 1.165) is 22.6 Å². The van der Waals surface area contributed by atoms with Crippen LogP contribution in [0.15, 0.2) is 24.3 Å². The van der Waals surface area contributed by atoms with Crippen molar-refractivity contribution in [2.75, 3.05) is 0 Å². The van der Waals surface area contributed by atoms with Crippen LogP contribution in [0.5, 0.6) is 0 Å². The van der Waals surface area contributed by atoms with Gasteiger partial charge in [0, 0.05) is 10.8 Å². The molecule has 1 aromatic rings. The largest absolute Gasteiger partial charge is 0.330 e. The van der Waals surface area contributed by atoms with Crippen molar-refractivity contribution in [2.45, 2.75) is 5.75 Å². The molecule has 0 heterocycles. The van der Waals surface area contributed by atoms with Gasteiger partial charge in [-0.3, -0.25) is 0 Å². The first-order valence-electron chi connectivity index (χ1n) is 2.84. The van der Waals surface area contributed by atoms with Crippen LogP contribution < -0.4 is 0 Å². The molecule has 1 nitrogen and oxygen atoms in total. The van der Waals surface area contributed by atoms with Crippen molar-refractivity contribution >= 4 is 23.6 Å². The zero-order chi connectivity index (χ0) is 7.40. The Morgan fingerprint density at radius 2 is 1.90 bits per heavy atom. The maximum absolute atomic E-state index is 8.47. The molecule has 3 heteroatoms. The molecule has 0 saturated carbocycles. The average molecular weight is 175 g/mol. The summed E-state index contributed by atoms with van der Waals surface area (Å²) in [4.78, 5) is 0. The van der Waals surface area contributed by atoms with Gasteiger partial charge < -0.3 is 4.55 Å². The second-order valence-corrected chi connectivity index (χ2v) is 2.88. The van der Waals surface area contributed by atoms with E-state index in [2.05, 4.69) is 0 Å². The lowest BCUT2D eigenvalue weighted by Crippen LogP contribution is -1.76. The summed E-state index contributed by atoms with van der Waals surface area (Å²) in [5.41, 5.74) is 1.08. The molecule has 0 saturated heterocycles. The average Bonchev–Trinajstić information content (AvgIpc) is 1.95. The van der Waals surface area contributed by atoms with E-state index in [1.54, 1.807) is 0 Å². The summed E-state index contributed by atoms with van der Waals surface area (Å²) in [6.45, 7) is 0. The van der Waals surface area contributed by atoms with E-state index in [9.17, 15) is 0 Å². The monoisotopic (exact) mass is 174 g/mol. The summed E-state index contributed by atoms with van der Waals surface area (Å²) < 4.78 is 8.47. The van der Waals surface area contributed by atoms with Crippen LogP contribution in [0.25, 0.3) is 0 Å². The minimum absolute atomic E-state index is 0.622. The van der Waals surface area contributed by atoms with E-state index in [0.29, 0.717) is 5.75 Å². The van der Waals surface area contributed by atoms with E-state index in [4.69, 9.17) is 16.2 Å². The van der Waals surface area contributed by atoms with Gasteiger partial charge in [-0.25, -0.2) is 0 Å². The van der Waals surface area contributed by atoms with Crippen LogP contribution in [0.2, 0.25) is 5.02 Å². The van der Waals surface area contributed by atoms with Crippen LogP contribution in [0.4, 0.5) is 0 Å². The first-order valence-corrected chi connectivity index (χ1v) is 4.16. The first kappa shape index (κ1) is 7.92. The molecular formula is C7H7ClOS. The number of hydrogen-bond donors (Lipinski definition) is 1. The molecule has 0 aromatic heterocycles. The lowest BCUT2D eigenvalue weighted by Gasteiger charge is -1.95. The normalized spacial score (nSPS) is 9.80. The summed E-state index contributed by atoms with van der Waals surface area (Å²) in [7, 11) is 0. The van der Waals surface area contributed by atoms with E-state index in [-0.39, 0.29) is 0 Å². The fraction of sp³-hybridized carbons (Fsp3) is 0.143. The second-order valence-electron chi connectivity index (χ2n) is 1.90. The number of halogens is 1. The van der Waals surface area contributed by atoms with Crippen LogP contribution in [0, 0.1) is 0 Å². The van der Waals surface area contributed by atoms with Gasteiger partial charge in [0.15, 0.2) is 0 Å². The Labute approximate surface area is 69.2 Å². The number of hydrogen-bond acceptors (Lipinski definition) is 2. The summed E-state index contributed by atoms with van der Waals surface area (Å²) in [6.07, 6.45) is 0. The lowest BCUT2D eigenvalue weighted by molar-refractivity contribution is 0.663. The van der Waals surface area contributed by atoms with Gasteiger partial charge in [0.05, 0.1) is 0 Å². The van der Waals surface area contributed by atoms with Crippen molar-refractivity contribution in [2.24, 2.45) is 0 Å². The molecule has 0 bridgehead atoms. The van der Waals surface area contributed by atoms with E-state index >= 15 is 0 Å². The van der Waals surface area contributed by atoms with Gasteiger partial charge in [-0.15, -0.1) is 0 Å². The molecule has 0 spiro atoms. The quantitative estimate of drug-likeness (QED) is 0.696. The van der Waals surface area contributed by atoms with Gasteiger partial charge >= 0.3 is 0 Å². The molecule has 0 aliphatic carbocycles. The highest BCUT2D eigenvalue weighted by Crippen LogP contribution is 2.12. The topological polar surface area (TPSA) is 20.2 Å². The standard InChI is InChI=1S/C7H7ClOS/c8-7-3-1-6(2-4-7)5-10-9/h1-4,9H,5H2. The van der Waals surface area contributed by atoms with Gasteiger partial charge in [0.1, 0.15) is 0 Å². The van der Waals surface area contributed by atoms with Crippen molar-refractivity contribution in [3.05, 3.63) is 34.9 Å². The molecule has 0 amide bonds. The predicted octanol–water partition coefficient (Wildman–Crippen LogP) is 3.05. The minimum atomic E-state index is 0.622. The second kappa shape index (κ2) is 3.86. The van der Waals surface area contributed by atoms with Crippen molar-refractivity contribution in [1.82, 2.24) is 0 Å². The van der Waals surface area contributed by atoms with Gasteiger partial charge in [0.25, 0.3) is 0 Å². The van der Waals surface area contributed by atoms with Gasteiger partial charge in [-0.05, 0) is 29.7 Å². The van der Waals surface area contributed by atoms with Crippen molar-refractivity contribution in [3.8, 4) is 0 Å². The van der Waals surface area contributed by atoms with Gasteiger partial charge in [-0.1, -0.05) is 23.7 Å². The van der Waals surface area contributed by atoms with E-state index in [1.165, 1.54) is 0 Å². The number of rotatable bonds is 2. The van der Waals surface area contributed by atoms with E-state index in [1.807, 2.05) is 24.3 Å². The van der Waals surface area contributed by atoms with Crippen LogP contribution in [-0.2, 0) is 5.75 Å². The molecule has 0 atom stereocenters. The van der Waals surface area contributed by atoms with Crippen molar-refractivity contribution in [1.29, 1.82) is 0 Å². The smallest absolute Gasteiger partial charge is 0.0446 e. The molecular weight excluding hydrogens is 168 g/mol. The number of benzene rings is 1. The zero-order valence-corrected chi connectivity index (χ0v) is 6.82. The zero-order valence-electron chi connectivity index (χ0n) is 5.25. The van der Waals surface area contributed by atoms with Crippen LogP contribution in [0.1, 0.15) is 5.56 Å². The highest BCUT2D eigenvalue weighted by Gasteiger charge is 1.90. The summed E-state index contributed by atoms with van der Waals surface area (Å²) in [5.74, 6) is 0.622. The highest BCUT2D eigenvalue weighted by atomic mass is 35.5. The third-order valence-electron chi connectivity index (χ3n) is 1.14. The lowest BCUT2D eigenvalue weighted by atomic mass is 10.2. The SMILES string of the molecule is OSCc1ccc(Cl)cc1. The molecule has 1 N–H and O–H groups in total. The molecule has 54 valence electrons. The third kappa shape index (κ3) is 2.21. The Kier molecular flexibility index (Phi) is 3.06. The maximum Gasteiger partial charge on any atom is 0.0446 e.